The van der Waals surface area contributed by atoms with Crippen LogP contribution in [0.2, 0.25) is 0 Å². The summed E-state index contributed by atoms with van der Waals surface area (Å²) in [5, 5.41) is 30.2. The molecular formula is C18H29N7O5. The number of carbonyl (C=O) groups is 1. The second-order valence-electron chi connectivity index (χ2n) is 7.52. The van der Waals surface area contributed by atoms with Crippen LogP contribution in [0.5, 0.6) is 0 Å². The largest absolute Gasteiger partial charge is 0.480 e. The molecule has 1 aliphatic heterocycles. The number of nitrogen functional groups attached to an aromatic ring is 1. The average molecular weight is 423 g/mol. The van der Waals surface area contributed by atoms with Crippen molar-refractivity contribution in [1.82, 2.24) is 24.4 Å². The molecule has 7 N–H and O–H groups in total. The number of nitrogens with two attached hydrogens (primary N) is 2. The number of aliphatic hydroxyl groups excluding tert-OH is 2. The maximum absolute atomic E-state index is 11.0. The lowest BCUT2D eigenvalue weighted by Gasteiger charge is -2.27. The van der Waals surface area contributed by atoms with Crippen LogP contribution in [0.1, 0.15) is 32.4 Å². The second-order valence-corrected chi connectivity index (χ2v) is 7.52. The van der Waals surface area contributed by atoms with E-state index in [1.807, 2.05) is 4.90 Å². The number of unbranched alkanes of at least 4 members (excludes halogenated alkanes) is 1. The van der Waals surface area contributed by atoms with E-state index in [1.165, 1.54) is 17.2 Å². The Kier molecular flexibility index (Phi) is 7.15. The van der Waals surface area contributed by atoms with Gasteiger partial charge in [0.05, 0.1) is 6.33 Å². The molecule has 12 heteroatoms. The molecule has 3 heterocycles. The van der Waals surface area contributed by atoms with Gasteiger partial charge in [0.15, 0.2) is 17.7 Å². The van der Waals surface area contributed by atoms with Crippen LogP contribution in [0, 0.1) is 0 Å². The van der Waals surface area contributed by atoms with Gasteiger partial charge >= 0.3 is 5.97 Å². The predicted molar refractivity (Wildman–Crippen MR) is 107 cm³/mol. The molecule has 1 saturated heterocycles. The van der Waals surface area contributed by atoms with E-state index in [2.05, 4.69) is 21.9 Å². The normalized spacial score (nSPS) is 25.2. The third-order valence-corrected chi connectivity index (χ3v) is 5.34. The molecule has 0 unspecified atom stereocenters. The van der Waals surface area contributed by atoms with Gasteiger partial charge in [-0.3, -0.25) is 9.36 Å². The number of fused-ring (bicyclic) bond motifs is 1. The Bertz CT molecular complexity index is 863. The van der Waals surface area contributed by atoms with E-state index in [1.54, 1.807) is 0 Å². The number of nitrogens with zero attached hydrogens (tertiary/aromatic N) is 5. The molecule has 0 bridgehead atoms. The summed E-state index contributed by atoms with van der Waals surface area (Å²) in [6.07, 6.45) is 0.973. The van der Waals surface area contributed by atoms with Gasteiger partial charge < -0.3 is 36.4 Å². The van der Waals surface area contributed by atoms with Crippen LogP contribution < -0.4 is 11.5 Å². The number of anilines is 1. The lowest BCUT2D eigenvalue weighted by Crippen LogP contribution is -2.42. The van der Waals surface area contributed by atoms with Crippen molar-refractivity contribution in [3.05, 3.63) is 12.7 Å². The summed E-state index contributed by atoms with van der Waals surface area (Å²) in [5.74, 6) is -0.838. The van der Waals surface area contributed by atoms with Crippen LogP contribution in [0.15, 0.2) is 12.7 Å². The summed E-state index contributed by atoms with van der Waals surface area (Å²) in [4.78, 5) is 25.2. The number of aromatic nitrogens is 4. The van der Waals surface area contributed by atoms with E-state index in [0.29, 0.717) is 30.8 Å². The molecule has 0 amide bonds. The van der Waals surface area contributed by atoms with Crippen molar-refractivity contribution >= 4 is 23.0 Å². The fourth-order valence-electron chi connectivity index (χ4n) is 3.54. The first kappa shape index (κ1) is 22.3. The van der Waals surface area contributed by atoms with Crippen molar-refractivity contribution < 1.29 is 24.9 Å². The molecule has 1 fully saturated rings. The molecule has 166 valence electrons. The van der Waals surface area contributed by atoms with Crippen LogP contribution in [0.25, 0.3) is 11.2 Å². The predicted octanol–water partition coefficient (Wildman–Crippen LogP) is -1.07. The molecule has 30 heavy (non-hydrogen) atoms. The minimum Gasteiger partial charge on any atom is -0.480 e. The molecule has 5 atom stereocenters. The molecule has 0 radical (unpaired) electrons. The number of aliphatic hydroxyl groups is 2. The molecular weight excluding hydrogens is 394 g/mol. The first-order valence-electron chi connectivity index (χ1n) is 9.98. The van der Waals surface area contributed by atoms with Gasteiger partial charge in [0, 0.05) is 13.1 Å². The monoisotopic (exact) mass is 423 g/mol. The van der Waals surface area contributed by atoms with Crippen molar-refractivity contribution in [3.63, 3.8) is 0 Å². The lowest BCUT2D eigenvalue weighted by atomic mass is 10.1. The van der Waals surface area contributed by atoms with Crippen molar-refractivity contribution in [2.24, 2.45) is 5.73 Å². The van der Waals surface area contributed by atoms with Gasteiger partial charge in [0.25, 0.3) is 0 Å². The zero-order valence-electron chi connectivity index (χ0n) is 16.8. The molecule has 1 aliphatic rings. The Morgan fingerprint density at radius 1 is 1.30 bits per heavy atom. The van der Waals surface area contributed by atoms with Crippen LogP contribution >= 0.6 is 0 Å². The minimum absolute atomic E-state index is 0.212. The standard InChI is InChI=1S/C18H29N7O5/c1-2-3-5-24(6-4-10(19)18(28)29)7-11-13(26)14(27)17(30-11)25-9-23-12-15(20)21-8-22-16(12)25/h8-11,13-14,17,26-27H,2-7,19H2,1H3,(H,28,29)(H2,20,21,22)/t10-,11+,13+,14+,17+/m0/s1. The number of carboxylic acids is 1. The molecule has 0 saturated carbocycles. The Morgan fingerprint density at radius 3 is 2.77 bits per heavy atom. The highest BCUT2D eigenvalue weighted by Gasteiger charge is 2.44. The molecule has 12 nitrogen and oxygen atoms in total. The average Bonchev–Trinajstić information content (AvgIpc) is 3.26. The molecule has 0 spiro atoms. The maximum atomic E-state index is 11.0. The van der Waals surface area contributed by atoms with E-state index < -0.39 is 36.6 Å². The third kappa shape index (κ3) is 4.68. The summed E-state index contributed by atoms with van der Waals surface area (Å²) < 4.78 is 7.50. The molecule has 3 rings (SSSR count). The Hall–Kier alpha value is -2.38. The number of hydrogen-bond donors (Lipinski definition) is 5. The van der Waals surface area contributed by atoms with Gasteiger partial charge in [-0.1, -0.05) is 13.3 Å². The van der Waals surface area contributed by atoms with Crippen molar-refractivity contribution in [2.45, 2.75) is 56.8 Å². The summed E-state index contributed by atoms with van der Waals surface area (Å²) in [5.41, 5.74) is 12.2. The Labute approximate surface area is 173 Å². The van der Waals surface area contributed by atoms with Gasteiger partial charge in [-0.2, -0.15) is 0 Å². The first-order valence-corrected chi connectivity index (χ1v) is 9.98. The number of aliphatic carboxylic acids is 1. The molecule has 0 aliphatic carbocycles. The Morgan fingerprint density at radius 2 is 2.07 bits per heavy atom. The van der Waals surface area contributed by atoms with Crippen molar-refractivity contribution in [2.75, 3.05) is 25.4 Å². The fourth-order valence-corrected chi connectivity index (χ4v) is 3.54. The first-order chi connectivity index (χ1) is 14.3. The van der Waals surface area contributed by atoms with Crippen molar-refractivity contribution in [1.29, 1.82) is 0 Å². The van der Waals surface area contributed by atoms with E-state index in [9.17, 15) is 15.0 Å². The van der Waals surface area contributed by atoms with Gasteiger partial charge in [0.2, 0.25) is 0 Å². The van der Waals surface area contributed by atoms with E-state index in [0.717, 1.165) is 12.8 Å². The lowest BCUT2D eigenvalue weighted by molar-refractivity contribution is -0.138. The third-order valence-electron chi connectivity index (χ3n) is 5.34. The van der Waals surface area contributed by atoms with E-state index >= 15 is 0 Å². The second kappa shape index (κ2) is 9.62. The SMILES string of the molecule is CCCCN(CC[C@H](N)C(=O)O)C[C@H]1O[C@@H](n2cnc3c(N)ncnc32)[C@H](O)[C@@H]1O. The molecule has 2 aromatic heterocycles. The van der Waals surface area contributed by atoms with Gasteiger partial charge in [-0.25, -0.2) is 15.0 Å². The van der Waals surface area contributed by atoms with Crippen LogP contribution in [0.3, 0.4) is 0 Å². The summed E-state index contributed by atoms with van der Waals surface area (Å²) >= 11 is 0. The summed E-state index contributed by atoms with van der Waals surface area (Å²) in [6, 6.07) is -0.954. The Balaban J connectivity index is 1.72. The number of carboxylic acid groups (broad SMARTS) is 1. The highest BCUT2D eigenvalue weighted by molar-refractivity contribution is 5.81. The highest BCUT2D eigenvalue weighted by atomic mass is 16.6. The van der Waals surface area contributed by atoms with Crippen LogP contribution in [-0.2, 0) is 9.53 Å². The number of ether oxygens (including phenoxy) is 1. The topological polar surface area (TPSA) is 186 Å². The molecule has 0 aromatic carbocycles. The summed E-state index contributed by atoms with van der Waals surface area (Å²) in [7, 11) is 0. The van der Waals surface area contributed by atoms with Crippen LogP contribution in [-0.4, -0.2) is 89.7 Å². The highest BCUT2D eigenvalue weighted by Crippen LogP contribution is 2.32. The number of imidazole rings is 1. The van der Waals surface area contributed by atoms with Gasteiger partial charge in [-0.15, -0.1) is 0 Å². The van der Waals surface area contributed by atoms with Gasteiger partial charge in [0.1, 0.15) is 36.2 Å². The minimum atomic E-state index is -1.20. The zero-order chi connectivity index (χ0) is 21.8. The maximum Gasteiger partial charge on any atom is 0.320 e. The fraction of sp³-hybridized carbons (Fsp3) is 0.667. The van der Waals surface area contributed by atoms with Crippen molar-refractivity contribution in [3.8, 4) is 0 Å². The zero-order valence-corrected chi connectivity index (χ0v) is 16.8. The number of rotatable bonds is 10. The van der Waals surface area contributed by atoms with E-state index in [4.69, 9.17) is 21.3 Å². The quantitative estimate of drug-likeness (QED) is 0.313. The van der Waals surface area contributed by atoms with Gasteiger partial charge in [-0.05, 0) is 19.4 Å². The summed E-state index contributed by atoms with van der Waals surface area (Å²) in [6.45, 7) is 3.52. The van der Waals surface area contributed by atoms with Crippen LogP contribution in [0.4, 0.5) is 5.82 Å². The number of hydrogen-bond acceptors (Lipinski definition) is 10. The molecule has 2 aromatic rings. The smallest absolute Gasteiger partial charge is 0.320 e. The van der Waals surface area contributed by atoms with E-state index in [-0.39, 0.29) is 12.2 Å².